The lowest BCUT2D eigenvalue weighted by Gasteiger charge is -2.08. The molecule has 0 spiro atoms. The van der Waals surface area contributed by atoms with Crippen LogP contribution in [0.2, 0.25) is 5.02 Å². The molecule has 5 nitrogen and oxygen atoms in total. The van der Waals surface area contributed by atoms with Crippen molar-refractivity contribution in [2.45, 2.75) is 11.1 Å². The quantitative estimate of drug-likeness (QED) is 0.458. The first-order chi connectivity index (χ1) is 13.5. The summed E-state index contributed by atoms with van der Waals surface area (Å²) >= 11 is 5.98. The molecule has 0 unspecified atom stereocenters. The predicted octanol–water partition coefficient (Wildman–Crippen LogP) is 4.64. The molecule has 0 atom stereocenters. The molecule has 1 heterocycles. The number of hydrogen-bond donors (Lipinski definition) is 1. The lowest BCUT2D eigenvalue weighted by molar-refractivity contribution is -0.140. The maximum atomic E-state index is 13.8. The molecule has 11 heteroatoms. The van der Waals surface area contributed by atoms with E-state index in [1.807, 2.05) is 0 Å². The van der Waals surface area contributed by atoms with E-state index in [4.69, 9.17) is 16.7 Å². The highest BCUT2D eigenvalue weighted by atomic mass is 35.5. The molecule has 0 bridgehead atoms. The number of aromatic nitrogens is 2. The van der Waals surface area contributed by atoms with Crippen LogP contribution in [-0.2, 0) is 16.2 Å². The van der Waals surface area contributed by atoms with Gasteiger partial charge >= 0.3 is 6.18 Å². The van der Waals surface area contributed by atoms with Crippen LogP contribution in [0, 0.1) is 5.82 Å². The molecule has 0 radical (unpaired) electrons. The SMILES string of the molecule is NS(=O)(=O)c1ccc(-n2nc(C(F)(F)F)c3ccc4c(Cl)c(F)ccc4c32)cc1. The van der Waals surface area contributed by atoms with E-state index >= 15 is 0 Å². The zero-order valence-electron chi connectivity index (χ0n) is 14.2. The number of primary sulfonamides is 1. The monoisotopic (exact) mass is 443 g/mol. The van der Waals surface area contributed by atoms with Gasteiger partial charge in [0.05, 0.1) is 21.1 Å². The molecule has 150 valence electrons. The summed E-state index contributed by atoms with van der Waals surface area (Å²) in [4.78, 5) is -0.205. The molecule has 0 saturated carbocycles. The van der Waals surface area contributed by atoms with Crippen LogP contribution in [0.5, 0.6) is 0 Å². The van der Waals surface area contributed by atoms with Gasteiger partial charge in [-0.05, 0) is 42.5 Å². The number of nitrogens with two attached hydrogens (primary N) is 1. The van der Waals surface area contributed by atoms with Gasteiger partial charge in [0, 0.05) is 16.2 Å². The van der Waals surface area contributed by atoms with Gasteiger partial charge in [-0.25, -0.2) is 22.6 Å². The predicted molar refractivity (Wildman–Crippen MR) is 99.9 cm³/mol. The minimum atomic E-state index is -4.75. The summed E-state index contributed by atoms with van der Waals surface area (Å²) in [5, 5.41) is 8.80. The molecule has 0 amide bonds. The Balaban J connectivity index is 2.10. The van der Waals surface area contributed by atoms with Crippen molar-refractivity contribution in [3.8, 4) is 5.69 Å². The Morgan fingerprint density at radius 1 is 0.931 bits per heavy atom. The second-order valence-electron chi connectivity index (χ2n) is 6.22. The lowest BCUT2D eigenvalue weighted by Crippen LogP contribution is -2.12. The van der Waals surface area contributed by atoms with Gasteiger partial charge in [0.15, 0.2) is 5.69 Å². The van der Waals surface area contributed by atoms with Crippen molar-refractivity contribution in [2.75, 3.05) is 0 Å². The van der Waals surface area contributed by atoms with Crippen molar-refractivity contribution in [3.63, 3.8) is 0 Å². The van der Waals surface area contributed by atoms with Crippen molar-refractivity contribution in [3.05, 3.63) is 65.1 Å². The Kier molecular flexibility index (Phi) is 4.34. The highest BCUT2D eigenvalue weighted by molar-refractivity contribution is 7.89. The van der Waals surface area contributed by atoms with Crippen LogP contribution in [-0.4, -0.2) is 18.2 Å². The van der Waals surface area contributed by atoms with Crippen LogP contribution in [0.25, 0.3) is 27.4 Å². The largest absolute Gasteiger partial charge is 0.435 e. The summed E-state index contributed by atoms with van der Waals surface area (Å²) in [5.74, 6) is -0.710. The molecule has 4 rings (SSSR count). The van der Waals surface area contributed by atoms with Gasteiger partial charge < -0.3 is 0 Å². The van der Waals surface area contributed by atoms with E-state index in [0.29, 0.717) is 0 Å². The van der Waals surface area contributed by atoms with Crippen LogP contribution in [0.1, 0.15) is 5.69 Å². The average Bonchev–Trinajstić information content (AvgIpc) is 3.04. The molecule has 4 aromatic rings. The summed E-state index contributed by atoms with van der Waals surface area (Å²) in [6, 6.07) is 9.70. The van der Waals surface area contributed by atoms with Gasteiger partial charge in [-0.1, -0.05) is 17.7 Å². The second kappa shape index (κ2) is 6.41. The highest BCUT2D eigenvalue weighted by Crippen LogP contribution is 2.39. The molecule has 29 heavy (non-hydrogen) atoms. The smallest absolute Gasteiger partial charge is 0.232 e. The summed E-state index contributed by atoms with van der Waals surface area (Å²) in [7, 11) is -3.98. The molecule has 2 N–H and O–H groups in total. The first-order valence-corrected chi connectivity index (χ1v) is 9.91. The third-order valence-corrected chi connectivity index (χ3v) is 5.72. The van der Waals surface area contributed by atoms with Crippen molar-refractivity contribution in [2.24, 2.45) is 5.14 Å². The molecule has 3 aromatic carbocycles. The fourth-order valence-electron chi connectivity index (χ4n) is 3.12. The van der Waals surface area contributed by atoms with Gasteiger partial charge in [0.2, 0.25) is 10.0 Å². The van der Waals surface area contributed by atoms with Crippen LogP contribution >= 0.6 is 11.6 Å². The second-order valence-corrected chi connectivity index (χ2v) is 8.15. The van der Waals surface area contributed by atoms with Gasteiger partial charge in [-0.2, -0.15) is 18.3 Å². The molecule has 0 aliphatic rings. The third kappa shape index (κ3) is 3.22. The van der Waals surface area contributed by atoms with E-state index in [-0.39, 0.29) is 37.3 Å². The number of alkyl halides is 3. The minimum Gasteiger partial charge on any atom is -0.232 e. The normalized spacial score (nSPS) is 12.8. The Labute approximate surface area is 166 Å². The molecule has 0 fully saturated rings. The Morgan fingerprint density at radius 2 is 1.52 bits per heavy atom. The van der Waals surface area contributed by atoms with E-state index in [2.05, 4.69) is 5.10 Å². The first-order valence-electron chi connectivity index (χ1n) is 7.98. The average molecular weight is 444 g/mol. The first kappa shape index (κ1) is 19.6. The summed E-state index contributed by atoms with van der Waals surface area (Å²) in [6.07, 6.45) is -4.75. The number of fused-ring (bicyclic) bond motifs is 3. The zero-order chi connectivity index (χ0) is 21.1. The molecular weight excluding hydrogens is 434 g/mol. The summed E-state index contributed by atoms with van der Waals surface area (Å²) < 4.78 is 78.4. The van der Waals surface area contributed by atoms with E-state index in [1.54, 1.807) is 0 Å². The van der Waals surface area contributed by atoms with Crippen LogP contribution in [0.15, 0.2) is 53.4 Å². The van der Waals surface area contributed by atoms with E-state index in [9.17, 15) is 26.0 Å². The standard InChI is InChI=1S/C18H10ClF4N3O2S/c19-15-11-5-6-13-16(12(11)7-8-14(15)20)26(25-17(13)18(21,22)23)9-1-3-10(4-2-9)29(24,27)28/h1-8H,(H2,24,27,28). The molecule has 0 aliphatic carbocycles. The summed E-state index contributed by atoms with van der Waals surface area (Å²) in [5.41, 5.74) is -0.920. The maximum Gasteiger partial charge on any atom is 0.435 e. The number of benzene rings is 3. The Hall–Kier alpha value is -2.69. The van der Waals surface area contributed by atoms with E-state index < -0.39 is 27.7 Å². The number of nitrogens with zero attached hydrogens (tertiary/aromatic N) is 2. The fourth-order valence-corrected chi connectivity index (χ4v) is 3.87. The van der Waals surface area contributed by atoms with Gasteiger partial charge in [0.1, 0.15) is 5.82 Å². The minimum absolute atomic E-state index is 0.0556. The van der Waals surface area contributed by atoms with Crippen LogP contribution in [0.3, 0.4) is 0 Å². The van der Waals surface area contributed by atoms with Gasteiger partial charge in [-0.3, -0.25) is 0 Å². The maximum absolute atomic E-state index is 13.8. The Bertz CT molecular complexity index is 1380. The van der Waals surface area contributed by atoms with Crippen molar-refractivity contribution in [1.82, 2.24) is 9.78 Å². The number of halogens is 5. The van der Waals surface area contributed by atoms with E-state index in [1.165, 1.54) is 30.3 Å². The topological polar surface area (TPSA) is 78.0 Å². The summed E-state index contributed by atoms with van der Waals surface area (Å²) in [6.45, 7) is 0. The number of hydrogen-bond acceptors (Lipinski definition) is 3. The molecule has 0 aliphatic heterocycles. The highest BCUT2D eigenvalue weighted by Gasteiger charge is 2.37. The van der Waals surface area contributed by atoms with E-state index in [0.717, 1.165) is 22.9 Å². The van der Waals surface area contributed by atoms with Crippen molar-refractivity contribution >= 4 is 43.3 Å². The van der Waals surface area contributed by atoms with Gasteiger partial charge in [0.25, 0.3) is 0 Å². The van der Waals surface area contributed by atoms with Crippen LogP contribution < -0.4 is 5.14 Å². The lowest BCUT2D eigenvalue weighted by atomic mass is 10.1. The molecule has 0 saturated heterocycles. The molecule has 1 aromatic heterocycles. The van der Waals surface area contributed by atoms with Crippen molar-refractivity contribution in [1.29, 1.82) is 0 Å². The van der Waals surface area contributed by atoms with Crippen LogP contribution in [0.4, 0.5) is 17.6 Å². The number of sulfonamides is 1. The Morgan fingerprint density at radius 3 is 2.10 bits per heavy atom. The van der Waals surface area contributed by atoms with Crippen molar-refractivity contribution < 1.29 is 26.0 Å². The zero-order valence-corrected chi connectivity index (χ0v) is 15.8. The molecular formula is C18H10ClF4N3O2S. The third-order valence-electron chi connectivity index (χ3n) is 4.40. The van der Waals surface area contributed by atoms with Gasteiger partial charge in [-0.15, -0.1) is 0 Å². The number of rotatable bonds is 2. The fraction of sp³-hybridized carbons (Fsp3) is 0.0556.